The van der Waals surface area contributed by atoms with Crippen LogP contribution in [-0.4, -0.2) is 36.4 Å². The van der Waals surface area contributed by atoms with Crippen LogP contribution in [0.2, 0.25) is 0 Å². The summed E-state index contributed by atoms with van der Waals surface area (Å²) in [5.41, 5.74) is -1.37. The van der Waals surface area contributed by atoms with Gasteiger partial charge in [-0.05, 0) is 49.4 Å². The highest BCUT2D eigenvalue weighted by Gasteiger charge is 2.74. The molecule has 5 fully saturated rings. The molecule has 3 aliphatic carbocycles. The van der Waals surface area contributed by atoms with Gasteiger partial charge in [0.05, 0.1) is 13.2 Å². The summed E-state index contributed by atoms with van der Waals surface area (Å²) in [6.07, 6.45) is 4.73. The Balaban J connectivity index is 1.66. The second kappa shape index (κ2) is 4.86. The lowest BCUT2D eigenvalue weighted by molar-refractivity contribution is -0.225. The molecule has 0 radical (unpaired) electrons. The molecule has 5 aliphatic rings. The first-order valence-electron chi connectivity index (χ1n) is 9.86. The van der Waals surface area contributed by atoms with Crippen LogP contribution in [0.15, 0.2) is 0 Å². The molecule has 0 aromatic heterocycles. The fraction of sp³-hybridized carbons (Fsp3) is 0.900. The Morgan fingerprint density at radius 2 is 1.96 bits per heavy atom. The molecule has 2 heterocycles. The molecule has 0 aromatic rings. The maximum atomic E-state index is 13.2. The third kappa shape index (κ3) is 1.72. The van der Waals surface area contributed by atoms with Gasteiger partial charge in [0.2, 0.25) is 0 Å². The molecule has 25 heavy (non-hydrogen) atoms. The Hall–Kier alpha value is -0.940. The van der Waals surface area contributed by atoms with E-state index < -0.39 is 11.7 Å². The number of ketones is 1. The van der Waals surface area contributed by atoms with Crippen LogP contribution in [0.1, 0.15) is 52.4 Å². The van der Waals surface area contributed by atoms with Crippen LogP contribution in [0.3, 0.4) is 0 Å². The lowest BCUT2D eigenvalue weighted by Gasteiger charge is -2.60. The molecule has 0 unspecified atom stereocenters. The van der Waals surface area contributed by atoms with Gasteiger partial charge in [-0.2, -0.15) is 0 Å². The van der Waals surface area contributed by atoms with Crippen molar-refractivity contribution in [3.63, 3.8) is 0 Å². The van der Waals surface area contributed by atoms with Gasteiger partial charge >= 0.3 is 5.97 Å². The van der Waals surface area contributed by atoms with Crippen molar-refractivity contribution in [2.75, 3.05) is 13.2 Å². The molecule has 0 aromatic carbocycles. The fourth-order valence-corrected chi connectivity index (χ4v) is 7.68. The summed E-state index contributed by atoms with van der Waals surface area (Å²) >= 11 is 0. The topological polar surface area (TPSA) is 72.8 Å². The first kappa shape index (κ1) is 16.2. The molecule has 2 bridgehead atoms. The Kier molecular flexibility index (Phi) is 3.16. The number of aliphatic hydroxyl groups excluding tert-OH is 1. The molecular formula is C20H28O5. The number of aliphatic hydroxyl groups is 1. The zero-order chi connectivity index (χ0) is 17.6. The van der Waals surface area contributed by atoms with Gasteiger partial charge in [0, 0.05) is 17.3 Å². The van der Waals surface area contributed by atoms with E-state index in [1.165, 1.54) is 0 Å². The van der Waals surface area contributed by atoms with E-state index in [1.807, 2.05) is 6.92 Å². The average Bonchev–Trinajstić information content (AvgIpc) is 3.01. The van der Waals surface area contributed by atoms with Crippen LogP contribution in [0.4, 0.5) is 0 Å². The van der Waals surface area contributed by atoms with E-state index in [2.05, 4.69) is 6.92 Å². The number of cyclic esters (lactones) is 1. The third-order valence-electron chi connectivity index (χ3n) is 8.73. The highest BCUT2D eigenvalue weighted by atomic mass is 16.6. The van der Waals surface area contributed by atoms with E-state index in [0.717, 1.165) is 32.1 Å². The number of esters is 1. The Bertz CT molecular complexity index is 642. The molecule has 2 saturated heterocycles. The summed E-state index contributed by atoms with van der Waals surface area (Å²) in [4.78, 5) is 26.1. The molecule has 138 valence electrons. The number of hydrogen-bond acceptors (Lipinski definition) is 5. The van der Waals surface area contributed by atoms with Gasteiger partial charge in [0.25, 0.3) is 0 Å². The minimum absolute atomic E-state index is 0.00377. The van der Waals surface area contributed by atoms with Crippen molar-refractivity contribution in [1.29, 1.82) is 0 Å². The van der Waals surface area contributed by atoms with Gasteiger partial charge in [-0.15, -0.1) is 0 Å². The molecule has 3 saturated carbocycles. The zero-order valence-electron chi connectivity index (χ0n) is 15.1. The zero-order valence-corrected chi connectivity index (χ0v) is 15.1. The number of carbonyl (C=O) groups excluding carboxylic acids is 2. The van der Waals surface area contributed by atoms with Gasteiger partial charge in [-0.25, -0.2) is 0 Å². The van der Waals surface area contributed by atoms with E-state index in [0.29, 0.717) is 25.6 Å². The van der Waals surface area contributed by atoms with Crippen LogP contribution in [0.5, 0.6) is 0 Å². The van der Waals surface area contributed by atoms with Crippen LogP contribution < -0.4 is 0 Å². The molecule has 5 heteroatoms. The SMILES string of the molecule is C[C@H]1C(=O)[C@]23C[C@H]1CC[C@H]2[C@@]1(CCC[C@@]2(C)CO[C@@H](O)[C@H]21)COC3=O. The average molecular weight is 348 g/mol. The van der Waals surface area contributed by atoms with E-state index in [-0.39, 0.29) is 40.3 Å². The number of hydrogen-bond donors (Lipinski definition) is 1. The van der Waals surface area contributed by atoms with Gasteiger partial charge in [-0.1, -0.05) is 20.3 Å². The van der Waals surface area contributed by atoms with Crippen LogP contribution in [-0.2, 0) is 19.1 Å². The Morgan fingerprint density at radius 3 is 2.76 bits per heavy atom. The monoisotopic (exact) mass is 348 g/mol. The maximum Gasteiger partial charge on any atom is 0.319 e. The molecule has 5 nitrogen and oxygen atoms in total. The van der Waals surface area contributed by atoms with Crippen molar-refractivity contribution in [2.24, 2.45) is 39.9 Å². The Labute approximate surface area is 148 Å². The minimum atomic E-state index is -0.957. The van der Waals surface area contributed by atoms with Crippen molar-refractivity contribution in [1.82, 2.24) is 0 Å². The molecule has 2 aliphatic heterocycles. The second-order valence-electron chi connectivity index (χ2n) is 9.71. The van der Waals surface area contributed by atoms with Gasteiger partial charge in [-0.3, -0.25) is 9.59 Å². The summed E-state index contributed by atoms with van der Waals surface area (Å²) in [6, 6.07) is 0. The first-order chi connectivity index (χ1) is 11.9. The van der Waals surface area contributed by atoms with Crippen molar-refractivity contribution in [3.05, 3.63) is 0 Å². The maximum absolute atomic E-state index is 13.2. The fourth-order valence-electron chi connectivity index (χ4n) is 7.68. The molecule has 1 N–H and O–H groups in total. The van der Waals surface area contributed by atoms with Crippen molar-refractivity contribution >= 4 is 11.8 Å². The smallest absolute Gasteiger partial charge is 0.319 e. The van der Waals surface area contributed by atoms with Crippen molar-refractivity contribution in [3.8, 4) is 0 Å². The van der Waals surface area contributed by atoms with Crippen LogP contribution in [0, 0.1) is 39.9 Å². The normalized spacial score (nSPS) is 57.3. The lowest BCUT2D eigenvalue weighted by atomic mass is 9.45. The highest BCUT2D eigenvalue weighted by molar-refractivity contribution is 6.07. The van der Waals surface area contributed by atoms with E-state index in [9.17, 15) is 14.7 Å². The standard InChI is InChI=1S/C20H28O5/c1-11-12-4-5-13-19(10-25-17(23)20(13,8-12)15(11)21)7-3-6-18(2)9-24-16(22)14(18)19/h11-14,16,22H,3-10H2,1-2H3/t11-,12-,13+,14-,16-,18+,19-,20+/m1/s1. The molecule has 8 atom stereocenters. The van der Waals surface area contributed by atoms with E-state index in [1.54, 1.807) is 0 Å². The lowest BCUT2D eigenvalue weighted by Crippen LogP contribution is -2.64. The van der Waals surface area contributed by atoms with E-state index in [4.69, 9.17) is 9.47 Å². The number of Topliss-reactive ketones (excluding diaryl/α,β-unsaturated/α-hetero) is 1. The van der Waals surface area contributed by atoms with Gasteiger partial charge < -0.3 is 14.6 Å². The number of fused-ring (bicyclic) bond motifs is 4. The van der Waals surface area contributed by atoms with Gasteiger partial charge in [0.1, 0.15) is 5.41 Å². The predicted octanol–water partition coefficient (Wildman–Crippen LogP) is 2.31. The highest BCUT2D eigenvalue weighted by Crippen LogP contribution is 2.69. The number of rotatable bonds is 0. The van der Waals surface area contributed by atoms with Crippen molar-refractivity contribution in [2.45, 2.75) is 58.7 Å². The van der Waals surface area contributed by atoms with Crippen molar-refractivity contribution < 1.29 is 24.2 Å². The van der Waals surface area contributed by atoms with Gasteiger partial charge in [0.15, 0.2) is 12.1 Å². The van der Waals surface area contributed by atoms with Crippen LogP contribution in [0.25, 0.3) is 0 Å². The van der Waals surface area contributed by atoms with Crippen LogP contribution >= 0.6 is 0 Å². The first-order valence-corrected chi connectivity index (χ1v) is 9.86. The quantitative estimate of drug-likeness (QED) is 0.537. The summed E-state index contributed by atoms with van der Waals surface area (Å²) in [5.74, 6) is 0.0196. The summed E-state index contributed by atoms with van der Waals surface area (Å²) in [7, 11) is 0. The summed E-state index contributed by atoms with van der Waals surface area (Å²) in [6.45, 7) is 5.08. The summed E-state index contributed by atoms with van der Waals surface area (Å²) < 4.78 is 11.4. The summed E-state index contributed by atoms with van der Waals surface area (Å²) in [5, 5.41) is 10.7. The molecule has 5 rings (SSSR count). The molecule has 0 amide bonds. The Morgan fingerprint density at radius 1 is 1.16 bits per heavy atom. The largest absolute Gasteiger partial charge is 0.464 e. The molecule has 2 spiro atoms. The third-order valence-corrected chi connectivity index (χ3v) is 8.73. The second-order valence-corrected chi connectivity index (χ2v) is 9.71. The molecular weight excluding hydrogens is 320 g/mol. The predicted molar refractivity (Wildman–Crippen MR) is 88.2 cm³/mol. The van der Waals surface area contributed by atoms with E-state index >= 15 is 0 Å². The number of carbonyl (C=O) groups is 2. The number of ether oxygens (including phenoxy) is 2. The minimum Gasteiger partial charge on any atom is -0.464 e.